The van der Waals surface area contributed by atoms with E-state index in [1.807, 2.05) is 0 Å². The predicted octanol–water partition coefficient (Wildman–Crippen LogP) is 1.71. The second kappa shape index (κ2) is 4.77. The van der Waals surface area contributed by atoms with E-state index in [0.717, 1.165) is 35.5 Å². The summed E-state index contributed by atoms with van der Waals surface area (Å²) in [7, 11) is 0. The summed E-state index contributed by atoms with van der Waals surface area (Å²) in [4.78, 5) is 23.7. The Bertz CT molecular complexity index is 624. The Balaban J connectivity index is 2.10. The van der Waals surface area contributed by atoms with Crippen molar-refractivity contribution in [2.45, 2.75) is 26.3 Å². The van der Waals surface area contributed by atoms with Crippen LogP contribution in [-0.4, -0.2) is 35.0 Å². The second-order valence-corrected chi connectivity index (χ2v) is 5.54. The van der Waals surface area contributed by atoms with Crippen LogP contribution < -0.4 is 10.2 Å². The SMILES string of the molecule is CCN(c1ncnc2scc(C)c12)C1CCNC1=O. The van der Waals surface area contributed by atoms with E-state index in [1.165, 1.54) is 5.56 Å². The third kappa shape index (κ3) is 1.96. The van der Waals surface area contributed by atoms with Gasteiger partial charge >= 0.3 is 0 Å². The van der Waals surface area contributed by atoms with Crippen molar-refractivity contribution in [1.82, 2.24) is 15.3 Å². The number of anilines is 1. The van der Waals surface area contributed by atoms with Crippen LogP contribution >= 0.6 is 11.3 Å². The molecule has 1 fully saturated rings. The topological polar surface area (TPSA) is 58.1 Å². The van der Waals surface area contributed by atoms with E-state index < -0.39 is 0 Å². The molecule has 1 aliphatic rings. The number of hydrogen-bond acceptors (Lipinski definition) is 5. The first-order valence-corrected chi connectivity index (χ1v) is 7.33. The number of carbonyl (C=O) groups excluding carboxylic acids is 1. The van der Waals surface area contributed by atoms with Crippen LogP contribution in [-0.2, 0) is 4.79 Å². The number of nitrogens with zero attached hydrogens (tertiary/aromatic N) is 3. The third-order valence-corrected chi connectivity index (χ3v) is 4.55. The van der Waals surface area contributed by atoms with Crippen molar-refractivity contribution in [3.63, 3.8) is 0 Å². The highest BCUT2D eigenvalue weighted by molar-refractivity contribution is 7.17. The number of aryl methyl sites for hydroxylation is 1. The number of rotatable bonds is 3. The lowest BCUT2D eigenvalue weighted by Gasteiger charge is -2.27. The molecular formula is C13H16N4OS. The van der Waals surface area contributed by atoms with Gasteiger partial charge in [0.1, 0.15) is 23.0 Å². The molecule has 3 heterocycles. The van der Waals surface area contributed by atoms with Crippen molar-refractivity contribution in [2.24, 2.45) is 0 Å². The first kappa shape index (κ1) is 12.3. The van der Waals surface area contributed by atoms with Crippen molar-refractivity contribution in [3.05, 3.63) is 17.3 Å². The van der Waals surface area contributed by atoms with E-state index in [0.29, 0.717) is 0 Å². The summed E-state index contributed by atoms with van der Waals surface area (Å²) in [6, 6.07) is -0.109. The summed E-state index contributed by atoms with van der Waals surface area (Å²) in [6.07, 6.45) is 2.42. The van der Waals surface area contributed by atoms with Gasteiger partial charge in [-0.3, -0.25) is 4.79 Å². The van der Waals surface area contributed by atoms with E-state index in [2.05, 4.69) is 39.4 Å². The molecule has 0 aromatic carbocycles. The molecular weight excluding hydrogens is 260 g/mol. The van der Waals surface area contributed by atoms with Crippen LogP contribution in [0.4, 0.5) is 5.82 Å². The molecule has 0 spiro atoms. The van der Waals surface area contributed by atoms with Crippen LogP contribution in [0.15, 0.2) is 11.7 Å². The molecule has 3 rings (SSSR count). The molecule has 6 heteroatoms. The monoisotopic (exact) mass is 276 g/mol. The zero-order chi connectivity index (χ0) is 13.4. The molecule has 19 heavy (non-hydrogen) atoms. The second-order valence-electron chi connectivity index (χ2n) is 4.68. The van der Waals surface area contributed by atoms with Gasteiger partial charge in [-0.1, -0.05) is 0 Å². The summed E-state index contributed by atoms with van der Waals surface area (Å²) in [5, 5.41) is 6.06. The van der Waals surface area contributed by atoms with Gasteiger partial charge in [0.15, 0.2) is 0 Å². The zero-order valence-electron chi connectivity index (χ0n) is 11.0. The number of thiophene rings is 1. The molecule has 1 amide bonds. The fourth-order valence-corrected chi connectivity index (χ4v) is 3.50. The molecule has 0 saturated carbocycles. The van der Waals surface area contributed by atoms with Crippen molar-refractivity contribution < 1.29 is 4.79 Å². The Kier molecular flexibility index (Phi) is 3.10. The van der Waals surface area contributed by atoms with Crippen LogP contribution in [0, 0.1) is 6.92 Å². The highest BCUT2D eigenvalue weighted by Crippen LogP contribution is 2.32. The minimum Gasteiger partial charge on any atom is -0.354 e. The molecule has 2 aromatic heterocycles. The summed E-state index contributed by atoms with van der Waals surface area (Å²) in [5.41, 5.74) is 1.17. The molecule has 5 nitrogen and oxygen atoms in total. The average molecular weight is 276 g/mol. The molecule has 0 bridgehead atoms. The standard InChI is InChI=1S/C13H16N4OS/c1-3-17(9-4-5-14-12(9)18)11-10-8(2)6-19-13(10)16-7-15-11/h6-7,9H,3-5H2,1-2H3,(H,14,18). The van der Waals surface area contributed by atoms with Gasteiger partial charge in [-0.2, -0.15) is 0 Å². The number of carbonyl (C=O) groups is 1. The van der Waals surface area contributed by atoms with Gasteiger partial charge in [0.2, 0.25) is 5.91 Å². The molecule has 1 atom stereocenters. The zero-order valence-corrected chi connectivity index (χ0v) is 11.8. The number of nitrogens with one attached hydrogen (secondary N) is 1. The maximum Gasteiger partial charge on any atom is 0.242 e. The molecule has 1 unspecified atom stereocenters. The van der Waals surface area contributed by atoms with Crippen molar-refractivity contribution in [3.8, 4) is 0 Å². The van der Waals surface area contributed by atoms with Gasteiger partial charge in [0, 0.05) is 13.1 Å². The van der Waals surface area contributed by atoms with Gasteiger partial charge in [-0.15, -0.1) is 11.3 Å². The molecule has 2 aromatic rings. The average Bonchev–Trinajstić information content (AvgIpc) is 2.99. The van der Waals surface area contributed by atoms with E-state index in [4.69, 9.17) is 0 Å². The van der Waals surface area contributed by atoms with Crippen LogP contribution in [0.25, 0.3) is 10.2 Å². The maximum atomic E-state index is 11.9. The Hall–Kier alpha value is -1.69. The number of hydrogen-bond donors (Lipinski definition) is 1. The van der Waals surface area contributed by atoms with E-state index in [1.54, 1.807) is 17.7 Å². The molecule has 0 aliphatic carbocycles. The van der Waals surface area contributed by atoms with Crippen LogP contribution in [0.5, 0.6) is 0 Å². The van der Waals surface area contributed by atoms with E-state index in [9.17, 15) is 4.79 Å². The lowest BCUT2D eigenvalue weighted by Crippen LogP contribution is -2.41. The summed E-state index contributed by atoms with van der Waals surface area (Å²) in [6.45, 7) is 5.63. The lowest BCUT2D eigenvalue weighted by atomic mass is 10.1. The number of likely N-dealkylation sites (N-methyl/N-ethyl adjacent to an activating group) is 1. The molecule has 1 N–H and O–H groups in total. The molecule has 1 saturated heterocycles. The summed E-state index contributed by atoms with van der Waals surface area (Å²) < 4.78 is 0. The van der Waals surface area contributed by atoms with Gasteiger partial charge in [0.25, 0.3) is 0 Å². The fourth-order valence-electron chi connectivity index (χ4n) is 2.61. The predicted molar refractivity (Wildman–Crippen MR) is 76.6 cm³/mol. The first-order valence-electron chi connectivity index (χ1n) is 6.45. The fraction of sp³-hybridized carbons (Fsp3) is 0.462. The highest BCUT2D eigenvalue weighted by atomic mass is 32.1. The number of aromatic nitrogens is 2. The van der Waals surface area contributed by atoms with Crippen molar-refractivity contribution >= 4 is 33.3 Å². The largest absolute Gasteiger partial charge is 0.354 e. The Morgan fingerprint density at radius 3 is 3.05 bits per heavy atom. The Labute approximate surface area is 115 Å². The van der Waals surface area contributed by atoms with E-state index in [-0.39, 0.29) is 11.9 Å². The third-order valence-electron chi connectivity index (χ3n) is 3.54. The van der Waals surface area contributed by atoms with Crippen molar-refractivity contribution in [1.29, 1.82) is 0 Å². The van der Waals surface area contributed by atoms with Crippen molar-refractivity contribution in [2.75, 3.05) is 18.0 Å². The first-order chi connectivity index (χ1) is 9.22. The quantitative estimate of drug-likeness (QED) is 0.927. The van der Waals surface area contributed by atoms with Crippen LogP contribution in [0.2, 0.25) is 0 Å². The van der Waals surface area contributed by atoms with Gasteiger partial charge in [-0.25, -0.2) is 9.97 Å². The summed E-state index contributed by atoms with van der Waals surface area (Å²) >= 11 is 1.62. The Morgan fingerprint density at radius 2 is 2.37 bits per heavy atom. The number of fused-ring (bicyclic) bond motifs is 1. The van der Waals surface area contributed by atoms with Crippen LogP contribution in [0.3, 0.4) is 0 Å². The Morgan fingerprint density at radius 1 is 1.53 bits per heavy atom. The minimum absolute atomic E-state index is 0.0986. The number of amides is 1. The molecule has 0 radical (unpaired) electrons. The van der Waals surface area contributed by atoms with Gasteiger partial charge in [-0.05, 0) is 31.2 Å². The lowest BCUT2D eigenvalue weighted by molar-refractivity contribution is -0.120. The normalized spacial score (nSPS) is 18.8. The van der Waals surface area contributed by atoms with Gasteiger partial charge in [0.05, 0.1) is 5.39 Å². The molecule has 1 aliphatic heterocycles. The highest BCUT2D eigenvalue weighted by Gasteiger charge is 2.31. The maximum absolute atomic E-state index is 11.9. The smallest absolute Gasteiger partial charge is 0.242 e. The van der Waals surface area contributed by atoms with E-state index >= 15 is 0 Å². The van der Waals surface area contributed by atoms with Crippen LogP contribution in [0.1, 0.15) is 18.9 Å². The summed E-state index contributed by atoms with van der Waals surface area (Å²) in [5.74, 6) is 0.981. The minimum atomic E-state index is -0.109. The van der Waals surface area contributed by atoms with Gasteiger partial charge < -0.3 is 10.2 Å². The molecule has 100 valence electrons.